The molecule has 0 spiro atoms. The van der Waals surface area contributed by atoms with Crippen LogP contribution in [-0.2, 0) is 29.1 Å². The van der Waals surface area contributed by atoms with Crippen molar-refractivity contribution in [1.29, 1.82) is 0 Å². The molecule has 9 heteroatoms. The number of aryl methyl sites for hydroxylation is 1. The Morgan fingerprint density at radius 3 is 2.20 bits per heavy atom. The first-order valence-corrected chi connectivity index (χ1v) is 14.1. The standard InChI is InChI=1S/C32H36BN5O3/c1-2-19-34-32(41)38-29-22-35(20-25-11-7-4-8-12-25)31(40)28(18-15-24-9-5-3-6-10-24)37(29)30(39)23-36(38)21-26-13-16-27(33)17-14-26/h2-14,16-17,28-29H,1,15,18-23,33H2,(H,34,41)/t28-,29-/m0/s1. The van der Waals surface area contributed by atoms with Gasteiger partial charge in [-0.25, -0.2) is 14.8 Å². The molecule has 2 heterocycles. The Morgan fingerprint density at radius 2 is 1.54 bits per heavy atom. The second kappa shape index (κ2) is 12.9. The van der Waals surface area contributed by atoms with Gasteiger partial charge >= 0.3 is 6.03 Å². The summed E-state index contributed by atoms with van der Waals surface area (Å²) in [5.74, 6) is -0.242. The van der Waals surface area contributed by atoms with Gasteiger partial charge in [-0.15, -0.1) is 6.58 Å². The number of fused-ring (bicyclic) bond motifs is 1. The first kappa shape index (κ1) is 28.2. The minimum atomic E-state index is -0.679. The Morgan fingerprint density at radius 1 is 0.902 bits per heavy atom. The van der Waals surface area contributed by atoms with Crippen molar-refractivity contribution in [3.63, 3.8) is 0 Å². The number of nitrogens with one attached hydrogen (secondary N) is 1. The molecule has 0 aromatic heterocycles. The molecule has 8 nitrogen and oxygen atoms in total. The van der Waals surface area contributed by atoms with Gasteiger partial charge in [-0.2, -0.15) is 0 Å². The molecule has 41 heavy (non-hydrogen) atoms. The molecule has 3 aromatic rings. The summed E-state index contributed by atoms with van der Waals surface area (Å²) in [4.78, 5) is 45.0. The van der Waals surface area contributed by atoms with E-state index in [-0.39, 0.29) is 30.9 Å². The largest absolute Gasteiger partial charge is 0.334 e. The third-order valence-corrected chi connectivity index (χ3v) is 7.69. The zero-order valence-electron chi connectivity index (χ0n) is 23.5. The van der Waals surface area contributed by atoms with E-state index in [0.29, 0.717) is 32.5 Å². The molecule has 0 aliphatic carbocycles. The molecule has 4 amide bonds. The van der Waals surface area contributed by atoms with Crippen molar-refractivity contribution in [1.82, 2.24) is 25.1 Å². The van der Waals surface area contributed by atoms with Gasteiger partial charge in [0.05, 0.1) is 13.1 Å². The number of hydrogen-bond donors (Lipinski definition) is 1. The zero-order valence-corrected chi connectivity index (χ0v) is 23.5. The van der Waals surface area contributed by atoms with Crippen LogP contribution in [0.4, 0.5) is 4.79 Å². The first-order valence-electron chi connectivity index (χ1n) is 14.1. The minimum Gasteiger partial charge on any atom is -0.333 e. The van der Waals surface area contributed by atoms with Gasteiger partial charge < -0.3 is 15.1 Å². The van der Waals surface area contributed by atoms with Crippen LogP contribution in [0.15, 0.2) is 97.6 Å². The Bertz CT molecular complexity index is 1370. The Balaban J connectivity index is 1.49. The maximum atomic E-state index is 14.0. The predicted octanol–water partition coefficient (Wildman–Crippen LogP) is 2.07. The second-order valence-electron chi connectivity index (χ2n) is 10.7. The zero-order chi connectivity index (χ0) is 28.8. The summed E-state index contributed by atoms with van der Waals surface area (Å²) in [5.41, 5.74) is 4.23. The summed E-state index contributed by atoms with van der Waals surface area (Å²) in [6.45, 7) is 5.03. The van der Waals surface area contributed by atoms with Gasteiger partial charge in [0.15, 0.2) is 0 Å². The lowest BCUT2D eigenvalue weighted by Crippen LogP contribution is -2.76. The van der Waals surface area contributed by atoms with Crippen molar-refractivity contribution in [3.8, 4) is 0 Å². The molecular weight excluding hydrogens is 513 g/mol. The third-order valence-electron chi connectivity index (χ3n) is 7.69. The van der Waals surface area contributed by atoms with Crippen LogP contribution in [0.3, 0.4) is 0 Å². The van der Waals surface area contributed by atoms with Crippen molar-refractivity contribution in [2.75, 3.05) is 19.6 Å². The van der Waals surface area contributed by atoms with E-state index in [1.54, 1.807) is 25.9 Å². The highest BCUT2D eigenvalue weighted by Crippen LogP contribution is 2.30. The number of nitrogens with zero attached hydrogens (tertiary/aromatic N) is 4. The maximum Gasteiger partial charge on any atom is 0.334 e. The van der Waals surface area contributed by atoms with Crippen molar-refractivity contribution >= 4 is 31.2 Å². The topological polar surface area (TPSA) is 76.2 Å². The van der Waals surface area contributed by atoms with Gasteiger partial charge in [-0.1, -0.05) is 96.5 Å². The molecule has 2 aliphatic rings. The number of benzene rings is 3. The van der Waals surface area contributed by atoms with Crippen LogP contribution >= 0.6 is 0 Å². The SMILES string of the molecule is Bc1ccc(CN2CC(=O)N3[C@@H](CCc4ccccc4)C(=O)N(Cc4ccccc4)C[C@@H]3N2C(=O)NCC=C)cc1. The van der Waals surface area contributed by atoms with E-state index >= 15 is 0 Å². The van der Waals surface area contributed by atoms with Crippen molar-refractivity contribution in [2.45, 2.75) is 38.1 Å². The van der Waals surface area contributed by atoms with Crippen LogP contribution in [-0.4, -0.2) is 77.4 Å². The lowest BCUT2D eigenvalue weighted by molar-refractivity contribution is -0.192. The fraction of sp³-hybridized carbons (Fsp3) is 0.281. The number of carbonyl (C=O) groups excluding carboxylic acids is 3. The Hall–Kier alpha value is -4.37. The third kappa shape index (κ3) is 6.52. The quantitative estimate of drug-likeness (QED) is 0.328. The predicted molar refractivity (Wildman–Crippen MR) is 162 cm³/mol. The van der Waals surface area contributed by atoms with Crippen molar-refractivity contribution in [2.24, 2.45) is 0 Å². The van der Waals surface area contributed by atoms with Crippen LogP contribution in [0.2, 0.25) is 0 Å². The van der Waals surface area contributed by atoms with Crippen molar-refractivity contribution < 1.29 is 14.4 Å². The molecule has 0 bridgehead atoms. The molecule has 2 atom stereocenters. The molecule has 210 valence electrons. The fourth-order valence-electron chi connectivity index (χ4n) is 5.65. The molecule has 2 fully saturated rings. The molecular formula is C32H36BN5O3. The molecule has 1 N–H and O–H groups in total. The summed E-state index contributed by atoms with van der Waals surface area (Å²) in [5, 5.41) is 6.36. The highest BCUT2D eigenvalue weighted by atomic mass is 16.2. The molecule has 0 radical (unpaired) electrons. The maximum absolute atomic E-state index is 14.0. The van der Waals surface area contributed by atoms with Crippen LogP contribution < -0.4 is 10.8 Å². The van der Waals surface area contributed by atoms with E-state index in [1.807, 2.05) is 92.8 Å². The van der Waals surface area contributed by atoms with Gasteiger partial charge in [0.1, 0.15) is 20.1 Å². The van der Waals surface area contributed by atoms with Crippen LogP contribution in [0.1, 0.15) is 23.1 Å². The summed E-state index contributed by atoms with van der Waals surface area (Å²) in [6, 6.07) is 26.9. The lowest BCUT2D eigenvalue weighted by Gasteiger charge is -2.55. The van der Waals surface area contributed by atoms with E-state index in [2.05, 4.69) is 11.9 Å². The average molecular weight is 549 g/mol. The summed E-state index contributed by atoms with van der Waals surface area (Å²) >= 11 is 0. The Kier molecular flexibility index (Phi) is 8.84. The van der Waals surface area contributed by atoms with Crippen LogP contribution in [0.5, 0.6) is 0 Å². The molecule has 3 aromatic carbocycles. The summed E-state index contributed by atoms with van der Waals surface area (Å²) < 4.78 is 0. The normalized spacial score (nSPS) is 19.2. The van der Waals surface area contributed by atoms with Gasteiger partial charge in [0.25, 0.3) is 0 Å². The summed E-state index contributed by atoms with van der Waals surface area (Å²) in [6.07, 6.45) is 2.09. The van der Waals surface area contributed by atoms with E-state index < -0.39 is 12.2 Å². The molecule has 5 rings (SSSR count). The molecule has 0 unspecified atom stereocenters. The smallest absolute Gasteiger partial charge is 0.333 e. The Labute approximate surface area is 242 Å². The summed E-state index contributed by atoms with van der Waals surface area (Å²) in [7, 11) is 2.02. The van der Waals surface area contributed by atoms with E-state index in [1.165, 1.54) is 0 Å². The number of amides is 4. The minimum absolute atomic E-state index is 0.000310. The number of piperazine rings is 1. The highest BCUT2D eigenvalue weighted by Gasteiger charge is 2.51. The highest BCUT2D eigenvalue weighted by molar-refractivity contribution is 6.32. The van der Waals surface area contributed by atoms with Gasteiger partial charge in [-0.3, -0.25) is 9.59 Å². The number of urea groups is 1. The molecule has 2 saturated heterocycles. The number of hydrazine groups is 1. The van der Waals surface area contributed by atoms with Gasteiger partial charge in [0, 0.05) is 19.6 Å². The second-order valence-corrected chi connectivity index (χ2v) is 10.7. The molecule has 0 saturated carbocycles. The van der Waals surface area contributed by atoms with Gasteiger partial charge in [0.2, 0.25) is 11.8 Å². The van der Waals surface area contributed by atoms with Gasteiger partial charge in [-0.05, 0) is 29.5 Å². The number of carbonyl (C=O) groups is 3. The monoisotopic (exact) mass is 549 g/mol. The number of rotatable bonds is 9. The van der Waals surface area contributed by atoms with E-state index in [4.69, 9.17) is 0 Å². The van der Waals surface area contributed by atoms with E-state index in [9.17, 15) is 14.4 Å². The fourth-order valence-corrected chi connectivity index (χ4v) is 5.65. The van der Waals surface area contributed by atoms with Crippen molar-refractivity contribution in [3.05, 3.63) is 114 Å². The molecule has 2 aliphatic heterocycles. The van der Waals surface area contributed by atoms with Crippen LogP contribution in [0, 0.1) is 0 Å². The lowest BCUT2D eigenvalue weighted by atomic mass is 9.95. The average Bonchev–Trinajstić information content (AvgIpc) is 2.98. The van der Waals surface area contributed by atoms with Crippen LogP contribution in [0.25, 0.3) is 0 Å². The first-order chi connectivity index (χ1) is 19.9. The van der Waals surface area contributed by atoms with E-state index in [0.717, 1.165) is 22.2 Å². The number of hydrogen-bond acceptors (Lipinski definition) is 4.